The topological polar surface area (TPSA) is 79.7 Å². The summed E-state index contributed by atoms with van der Waals surface area (Å²) in [5, 5.41) is 17.5. The van der Waals surface area contributed by atoms with Crippen LogP contribution >= 0.6 is 0 Å². The predicted molar refractivity (Wildman–Crippen MR) is 92.8 cm³/mol. The van der Waals surface area contributed by atoms with Gasteiger partial charge in [-0.15, -0.1) is 29.3 Å². The van der Waals surface area contributed by atoms with Crippen LogP contribution in [0.15, 0.2) is 42.3 Å². The van der Waals surface area contributed by atoms with Gasteiger partial charge in [0, 0.05) is 38.1 Å². The van der Waals surface area contributed by atoms with Crippen molar-refractivity contribution in [3.05, 3.63) is 59.5 Å². The van der Waals surface area contributed by atoms with Gasteiger partial charge in [-0.3, -0.25) is 4.79 Å². The van der Waals surface area contributed by atoms with Gasteiger partial charge in [0.2, 0.25) is 0 Å². The first-order chi connectivity index (χ1) is 11.4. The summed E-state index contributed by atoms with van der Waals surface area (Å²) in [6.07, 6.45) is 2.86. The molecule has 0 atom stereocenters. The van der Waals surface area contributed by atoms with Crippen LogP contribution in [-0.4, -0.2) is 28.1 Å². The van der Waals surface area contributed by atoms with Crippen molar-refractivity contribution in [3.63, 3.8) is 0 Å². The molecule has 1 aromatic carbocycles. The van der Waals surface area contributed by atoms with Crippen LogP contribution in [0.2, 0.25) is 0 Å². The molecule has 0 bridgehead atoms. The van der Waals surface area contributed by atoms with Crippen molar-refractivity contribution >= 4 is 5.78 Å². The molecule has 0 aliphatic rings. The van der Waals surface area contributed by atoms with E-state index in [1.807, 2.05) is 19.1 Å². The van der Waals surface area contributed by atoms with E-state index in [1.54, 1.807) is 25.4 Å². The molecule has 0 unspecified atom stereocenters. The zero-order valence-electron chi connectivity index (χ0n) is 14.7. The van der Waals surface area contributed by atoms with E-state index in [0.717, 1.165) is 28.1 Å². The number of carbonyl (C=O) groups excluding carboxylic acids is 1. The maximum Gasteiger partial charge on any atom is 0.155 e. The van der Waals surface area contributed by atoms with Crippen molar-refractivity contribution in [2.75, 3.05) is 7.11 Å². The number of carbonyl (C=O) groups is 1. The Labute approximate surface area is 161 Å². The number of benzene rings is 1. The standard InChI is InChI=1S/C14H14NO2.C5H8O2.Ir/c1-10-7-12(17-2)3-4-13(10)14-8-11(9-16)5-6-15-14;1-4(6)3-5(2)7;/h3,5-8,16H,9H2,1-2H3;3,6H,1-2H3;/q-1;;/b;4-3-;. The summed E-state index contributed by atoms with van der Waals surface area (Å²) in [5.74, 6) is 0.720. The Bertz CT molecular complexity index is 725. The van der Waals surface area contributed by atoms with Crippen molar-refractivity contribution < 1.29 is 39.8 Å². The third kappa shape index (κ3) is 8.07. The second kappa shape index (κ2) is 11.5. The Balaban J connectivity index is 0.000000620. The number of pyridine rings is 1. The Kier molecular flexibility index (Phi) is 10.6. The van der Waals surface area contributed by atoms with E-state index >= 15 is 0 Å². The van der Waals surface area contributed by atoms with Crippen LogP contribution in [-0.2, 0) is 31.5 Å². The number of rotatable bonds is 4. The second-order valence-electron chi connectivity index (χ2n) is 5.20. The summed E-state index contributed by atoms with van der Waals surface area (Å²) in [5.41, 5.74) is 3.64. The van der Waals surface area contributed by atoms with E-state index in [2.05, 4.69) is 11.1 Å². The fraction of sp³-hybridized carbons (Fsp3) is 0.263. The quantitative estimate of drug-likeness (QED) is 0.367. The Morgan fingerprint density at radius 1 is 1.36 bits per heavy atom. The number of aliphatic hydroxyl groups is 2. The number of hydrogen-bond acceptors (Lipinski definition) is 5. The summed E-state index contributed by atoms with van der Waals surface area (Å²) >= 11 is 0. The van der Waals surface area contributed by atoms with Crippen LogP contribution in [0.3, 0.4) is 0 Å². The largest absolute Gasteiger partial charge is 0.540 e. The van der Waals surface area contributed by atoms with Crippen LogP contribution < -0.4 is 4.74 Å². The molecule has 2 rings (SSSR count). The van der Waals surface area contributed by atoms with Gasteiger partial charge in [-0.1, -0.05) is 13.0 Å². The van der Waals surface area contributed by atoms with Gasteiger partial charge >= 0.3 is 0 Å². The number of aromatic nitrogens is 1. The van der Waals surface area contributed by atoms with E-state index < -0.39 is 0 Å². The minimum Gasteiger partial charge on any atom is -0.540 e. The van der Waals surface area contributed by atoms with Crippen LogP contribution in [0.5, 0.6) is 5.75 Å². The first kappa shape index (κ1) is 23.0. The van der Waals surface area contributed by atoms with E-state index in [1.165, 1.54) is 19.9 Å². The molecular weight excluding hydrogens is 498 g/mol. The van der Waals surface area contributed by atoms with Gasteiger partial charge in [0.1, 0.15) is 0 Å². The summed E-state index contributed by atoms with van der Waals surface area (Å²) in [4.78, 5) is 14.3. The van der Waals surface area contributed by atoms with Crippen molar-refractivity contribution in [1.82, 2.24) is 4.98 Å². The maximum absolute atomic E-state index is 10.0. The molecule has 5 nitrogen and oxygen atoms in total. The zero-order valence-corrected chi connectivity index (χ0v) is 17.1. The molecule has 25 heavy (non-hydrogen) atoms. The molecule has 137 valence electrons. The minimum atomic E-state index is -0.125. The molecule has 1 aromatic heterocycles. The van der Waals surface area contributed by atoms with Crippen LogP contribution in [0.1, 0.15) is 25.0 Å². The number of aryl methyl sites for hydroxylation is 1. The third-order valence-corrected chi connectivity index (χ3v) is 3.02. The van der Waals surface area contributed by atoms with Crippen LogP contribution in [0, 0.1) is 13.0 Å². The molecule has 2 N–H and O–H groups in total. The third-order valence-electron chi connectivity index (χ3n) is 3.02. The fourth-order valence-electron chi connectivity index (χ4n) is 1.98. The molecule has 0 aliphatic carbocycles. The summed E-state index contributed by atoms with van der Waals surface area (Å²) in [6, 6.07) is 10.5. The van der Waals surface area contributed by atoms with E-state index in [-0.39, 0.29) is 38.3 Å². The number of aliphatic hydroxyl groups excluding tert-OH is 2. The van der Waals surface area contributed by atoms with Gasteiger partial charge in [-0.2, -0.15) is 0 Å². The summed E-state index contributed by atoms with van der Waals surface area (Å²) in [7, 11) is 1.63. The molecule has 0 amide bonds. The normalized spacial score (nSPS) is 10.2. The Hall–Kier alpha value is -2.01. The Morgan fingerprint density at radius 3 is 2.48 bits per heavy atom. The number of hydrogen-bond donors (Lipinski definition) is 2. The van der Waals surface area contributed by atoms with Crippen molar-refractivity contribution in [2.24, 2.45) is 0 Å². The minimum absolute atomic E-state index is 0. The Morgan fingerprint density at radius 2 is 2.04 bits per heavy atom. The van der Waals surface area contributed by atoms with Crippen molar-refractivity contribution in [1.29, 1.82) is 0 Å². The second-order valence-corrected chi connectivity index (χ2v) is 5.20. The van der Waals surface area contributed by atoms with E-state index in [4.69, 9.17) is 14.9 Å². The first-order valence-electron chi connectivity index (χ1n) is 7.37. The van der Waals surface area contributed by atoms with Crippen LogP contribution in [0.4, 0.5) is 0 Å². The molecule has 2 aromatic rings. The van der Waals surface area contributed by atoms with Gasteiger partial charge in [-0.25, -0.2) is 0 Å². The fourth-order valence-corrected chi connectivity index (χ4v) is 1.98. The molecule has 0 spiro atoms. The predicted octanol–water partition coefficient (Wildman–Crippen LogP) is 3.39. The van der Waals surface area contributed by atoms with Gasteiger partial charge in [0.15, 0.2) is 5.78 Å². The molecule has 0 fully saturated rings. The molecule has 1 radical (unpaired) electrons. The molecule has 0 aliphatic heterocycles. The summed E-state index contributed by atoms with van der Waals surface area (Å²) < 4.78 is 5.14. The van der Waals surface area contributed by atoms with Gasteiger partial charge in [0.05, 0.1) is 19.5 Å². The summed E-state index contributed by atoms with van der Waals surface area (Å²) in [6.45, 7) is 4.85. The van der Waals surface area contributed by atoms with Crippen molar-refractivity contribution in [2.45, 2.75) is 27.4 Å². The molecule has 1 heterocycles. The monoisotopic (exact) mass is 521 g/mol. The molecule has 6 heteroatoms. The van der Waals surface area contributed by atoms with Gasteiger partial charge in [-0.05, 0) is 31.2 Å². The number of ether oxygens (including phenoxy) is 1. The SMILES string of the molecule is CC(=O)/C=C(/C)O.COc1c[c-]c(-c2cc(CO)ccn2)c(C)c1.[Ir]. The van der Waals surface area contributed by atoms with Crippen LogP contribution in [0.25, 0.3) is 11.3 Å². The molecular formula is C19H22IrNO4-. The number of nitrogens with zero attached hydrogens (tertiary/aromatic N) is 1. The van der Waals surface area contributed by atoms with Gasteiger partial charge in [0.25, 0.3) is 0 Å². The maximum atomic E-state index is 10.0. The van der Waals surface area contributed by atoms with E-state index in [9.17, 15) is 4.79 Å². The average molecular weight is 521 g/mol. The average Bonchev–Trinajstić information content (AvgIpc) is 2.54. The first-order valence-corrected chi connectivity index (χ1v) is 7.37. The smallest absolute Gasteiger partial charge is 0.155 e. The zero-order chi connectivity index (χ0) is 18.1. The number of ketones is 1. The van der Waals surface area contributed by atoms with E-state index in [0.29, 0.717) is 0 Å². The number of allylic oxidation sites excluding steroid dienone is 2. The number of methoxy groups -OCH3 is 1. The molecule has 0 saturated heterocycles. The molecule has 0 saturated carbocycles. The van der Waals surface area contributed by atoms with Gasteiger partial charge < -0.3 is 19.9 Å². The van der Waals surface area contributed by atoms with Crippen molar-refractivity contribution in [3.8, 4) is 17.0 Å².